The topological polar surface area (TPSA) is 99.4 Å². The van der Waals surface area contributed by atoms with Gasteiger partial charge in [0, 0.05) is 12.3 Å². The summed E-state index contributed by atoms with van der Waals surface area (Å²) in [6.07, 6.45) is 3.94. The van der Waals surface area contributed by atoms with Gasteiger partial charge in [-0.05, 0) is 50.4 Å². The van der Waals surface area contributed by atoms with Gasteiger partial charge in [0.1, 0.15) is 6.61 Å². The molecule has 6 nitrogen and oxygen atoms in total. The van der Waals surface area contributed by atoms with E-state index in [-0.39, 0.29) is 24.5 Å². The van der Waals surface area contributed by atoms with Crippen molar-refractivity contribution in [2.75, 3.05) is 6.61 Å². The minimum absolute atomic E-state index is 0.0947. The summed E-state index contributed by atoms with van der Waals surface area (Å²) in [7, 11) is 0. The molecule has 0 spiro atoms. The summed E-state index contributed by atoms with van der Waals surface area (Å²) >= 11 is 0. The number of aliphatic hydroxyl groups excluding tert-OH is 2. The number of aliphatic carboxylic acids is 1. The second kappa shape index (κ2) is 7.92. The number of carboxylic acid groups (broad SMARTS) is 1. The molecule has 2 aliphatic rings. The zero-order chi connectivity index (χ0) is 16.1. The maximum atomic E-state index is 10.4. The van der Waals surface area contributed by atoms with Crippen LogP contribution in [0.25, 0.3) is 0 Å². The van der Waals surface area contributed by atoms with Crippen molar-refractivity contribution in [2.24, 2.45) is 22.9 Å². The molecular weight excluding hydrogens is 286 g/mol. The van der Waals surface area contributed by atoms with Crippen LogP contribution in [0, 0.1) is 17.8 Å². The van der Waals surface area contributed by atoms with Gasteiger partial charge in [-0.15, -0.1) is 0 Å². The van der Waals surface area contributed by atoms with Crippen LogP contribution >= 0.6 is 0 Å². The zero-order valence-corrected chi connectivity index (χ0v) is 13.1. The molecule has 0 amide bonds. The van der Waals surface area contributed by atoms with Crippen molar-refractivity contribution in [3.05, 3.63) is 0 Å². The Morgan fingerprint density at radius 1 is 1.50 bits per heavy atom. The lowest BCUT2D eigenvalue weighted by Gasteiger charge is -2.35. The first-order valence-corrected chi connectivity index (χ1v) is 8.29. The third kappa shape index (κ3) is 4.20. The van der Waals surface area contributed by atoms with Crippen molar-refractivity contribution in [3.63, 3.8) is 0 Å². The highest BCUT2D eigenvalue weighted by atomic mass is 16.6. The highest BCUT2D eigenvalue weighted by Gasteiger charge is 2.51. The van der Waals surface area contributed by atoms with Crippen LogP contribution in [0.1, 0.15) is 51.9 Å². The van der Waals surface area contributed by atoms with E-state index in [1.54, 1.807) is 0 Å². The molecule has 0 aromatic rings. The fourth-order valence-corrected chi connectivity index (χ4v) is 3.62. The first kappa shape index (κ1) is 17.2. The summed E-state index contributed by atoms with van der Waals surface area (Å²) in [6.45, 7) is 2.29. The van der Waals surface area contributed by atoms with E-state index < -0.39 is 5.97 Å². The van der Waals surface area contributed by atoms with E-state index in [4.69, 9.17) is 9.94 Å². The van der Waals surface area contributed by atoms with E-state index in [0.717, 1.165) is 37.8 Å². The lowest BCUT2D eigenvalue weighted by atomic mass is 9.70. The molecule has 0 aliphatic heterocycles. The SMILES string of the molecule is CCC(O)CCC1C(O)CC2C(=NOCCCC(=O)O)CC21. The molecule has 126 valence electrons. The normalized spacial score (nSPS) is 33.3. The number of rotatable bonds is 9. The zero-order valence-electron chi connectivity index (χ0n) is 13.1. The van der Waals surface area contributed by atoms with E-state index >= 15 is 0 Å². The van der Waals surface area contributed by atoms with Crippen LogP contribution in [0.5, 0.6) is 0 Å². The molecule has 0 heterocycles. The first-order chi connectivity index (χ1) is 10.5. The second-order valence-electron chi connectivity index (χ2n) is 6.49. The number of carboxylic acids is 1. The van der Waals surface area contributed by atoms with Crippen LogP contribution in [-0.4, -0.2) is 45.8 Å². The Morgan fingerprint density at radius 2 is 2.27 bits per heavy atom. The van der Waals surface area contributed by atoms with Crippen molar-refractivity contribution in [1.29, 1.82) is 0 Å². The van der Waals surface area contributed by atoms with Gasteiger partial charge in [0.25, 0.3) is 0 Å². The number of hydrogen-bond donors (Lipinski definition) is 3. The third-order valence-electron chi connectivity index (χ3n) is 5.04. The average molecular weight is 313 g/mol. The maximum Gasteiger partial charge on any atom is 0.303 e. The largest absolute Gasteiger partial charge is 0.481 e. The number of aliphatic hydroxyl groups is 2. The molecule has 2 rings (SSSR count). The Labute approximate surface area is 131 Å². The molecule has 5 unspecified atom stereocenters. The quantitative estimate of drug-likeness (QED) is 0.445. The summed E-state index contributed by atoms with van der Waals surface area (Å²) in [6, 6.07) is 0. The lowest BCUT2D eigenvalue weighted by Crippen LogP contribution is -2.37. The Morgan fingerprint density at radius 3 is 2.95 bits per heavy atom. The minimum atomic E-state index is -0.823. The molecule has 2 aliphatic carbocycles. The van der Waals surface area contributed by atoms with Crippen LogP contribution < -0.4 is 0 Å². The molecule has 0 saturated heterocycles. The van der Waals surface area contributed by atoms with Gasteiger partial charge >= 0.3 is 5.97 Å². The van der Waals surface area contributed by atoms with E-state index in [1.165, 1.54) is 0 Å². The standard InChI is InChI=1S/C16H27NO5/c1-2-10(18)5-6-11-12-8-14(13(12)9-15(11)19)17-22-7-3-4-16(20)21/h10-13,15,18-19H,2-9H2,1H3,(H,20,21). The number of carbonyl (C=O) groups is 1. The Balaban J connectivity index is 1.72. The maximum absolute atomic E-state index is 10.4. The van der Waals surface area contributed by atoms with Crippen molar-refractivity contribution >= 4 is 11.7 Å². The third-order valence-corrected chi connectivity index (χ3v) is 5.04. The molecule has 3 N–H and O–H groups in total. The molecule has 6 heteroatoms. The molecule has 22 heavy (non-hydrogen) atoms. The summed E-state index contributed by atoms with van der Waals surface area (Å²) < 4.78 is 0. The smallest absolute Gasteiger partial charge is 0.303 e. The summed E-state index contributed by atoms with van der Waals surface area (Å²) in [5.74, 6) is 0.201. The van der Waals surface area contributed by atoms with Gasteiger partial charge in [-0.25, -0.2) is 0 Å². The molecular formula is C16H27NO5. The van der Waals surface area contributed by atoms with Gasteiger partial charge in [-0.2, -0.15) is 0 Å². The lowest BCUT2D eigenvalue weighted by molar-refractivity contribution is -0.137. The summed E-state index contributed by atoms with van der Waals surface area (Å²) in [5, 5.41) is 32.5. The summed E-state index contributed by atoms with van der Waals surface area (Å²) in [4.78, 5) is 15.6. The van der Waals surface area contributed by atoms with Crippen LogP contribution in [0.2, 0.25) is 0 Å². The first-order valence-electron chi connectivity index (χ1n) is 8.29. The van der Waals surface area contributed by atoms with Gasteiger partial charge in [-0.3, -0.25) is 4.79 Å². The minimum Gasteiger partial charge on any atom is -0.481 e. The van der Waals surface area contributed by atoms with E-state index in [0.29, 0.717) is 24.9 Å². The molecule has 0 radical (unpaired) electrons. The number of nitrogens with zero attached hydrogens (tertiary/aromatic N) is 1. The second-order valence-corrected chi connectivity index (χ2v) is 6.49. The van der Waals surface area contributed by atoms with E-state index in [1.807, 2.05) is 6.92 Å². The van der Waals surface area contributed by atoms with Crippen molar-refractivity contribution in [2.45, 2.75) is 64.1 Å². The van der Waals surface area contributed by atoms with Gasteiger partial charge < -0.3 is 20.2 Å². The predicted molar refractivity (Wildman–Crippen MR) is 81.5 cm³/mol. The van der Waals surface area contributed by atoms with Crippen molar-refractivity contribution < 1.29 is 25.0 Å². The molecule has 0 aromatic carbocycles. The van der Waals surface area contributed by atoms with Crippen molar-refractivity contribution in [1.82, 2.24) is 0 Å². The molecule has 0 bridgehead atoms. The van der Waals surface area contributed by atoms with Crippen LogP contribution in [0.4, 0.5) is 0 Å². The van der Waals surface area contributed by atoms with Crippen LogP contribution in [0.3, 0.4) is 0 Å². The highest BCUT2D eigenvalue weighted by Crippen LogP contribution is 2.50. The van der Waals surface area contributed by atoms with Gasteiger partial charge in [0.05, 0.1) is 17.9 Å². The molecule has 2 fully saturated rings. The van der Waals surface area contributed by atoms with Crippen LogP contribution in [0.15, 0.2) is 5.16 Å². The Kier molecular flexibility index (Phi) is 6.20. The van der Waals surface area contributed by atoms with E-state index in [2.05, 4.69) is 5.16 Å². The van der Waals surface area contributed by atoms with Crippen molar-refractivity contribution in [3.8, 4) is 0 Å². The van der Waals surface area contributed by atoms with Crippen LogP contribution in [-0.2, 0) is 9.63 Å². The van der Waals surface area contributed by atoms with Gasteiger partial charge in [0.2, 0.25) is 0 Å². The molecule has 2 saturated carbocycles. The Hall–Kier alpha value is -1.14. The summed E-state index contributed by atoms with van der Waals surface area (Å²) in [5.41, 5.74) is 0.998. The molecule has 0 aromatic heterocycles. The number of fused-ring (bicyclic) bond motifs is 1. The monoisotopic (exact) mass is 313 g/mol. The average Bonchev–Trinajstić information content (AvgIpc) is 2.71. The van der Waals surface area contributed by atoms with E-state index in [9.17, 15) is 15.0 Å². The fraction of sp³-hybridized carbons (Fsp3) is 0.875. The number of hydrogen-bond acceptors (Lipinski definition) is 5. The van der Waals surface area contributed by atoms with Gasteiger partial charge in [0.15, 0.2) is 0 Å². The van der Waals surface area contributed by atoms with Gasteiger partial charge in [-0.1, -0.05) is 12.1 Å². The molecule has 5 atom stereocenters. The Bertz CT molecular complexity index is 411. The highest BCUT2D eigenvalue weighted by molar-refractivity contribution is 5.93. The fourth-order valence-electron chi connectivity index (χ4n) is 3.62. The number of oxime groups is 1. The predicted octanol–water partition coefficient (Wildman–Crippen LogP) is 1.79.